The summed E-state index contributed by atoms with van der Waals surface area (Å²) in [7, 11) is 0. The molecule has 2 aromatic carbocycles. The van der Waals surface area contributed by atoms with Gasteiger partial charge in [-0.1, -0.05) is 54.1 Å². The predicted molar refractivity (Wildman–Crippen MR) is 101 cm³/mol. The van der Waals surface area contributed by atoms with Crippen molar-refractivity contribution in [3.05, 3.63) is 93.9 Å². The number of hydrogen-bond donors (Lipinski definition) is 1. The van der Waals surface area contributed by atoms with Gasteiger partial charge in [0, 0.05) is 10.3 Å². The first-order chi connectivity index (χ1) is 12.2. The van der Waals surface area contributed by atoms with Gasteiger partial charge in [0.05, 0.1) is 6.04 Å². The molecular weight excluding hydrogens is 330 g/mol. The van der Waals surface area contributed by atoms with Crippen LogP contribution in [0.4, 0.5) is 0 Å². The Morgan fingerprint density at radius 3 is 2.56 bits per heavy atom. The van der Waals surface area contributed by atoms with Crippen LogP contribution in [0.1, 0.15) is 32.6 Å². The van der Waals surface area contributed by atoms with Crippen LogP contribution in [-0.2, 0) is 0 Å². The zero-order valence-electron chi connectivity index (χ0n) is 13.7. The third kappa shape index (κ3) is 3.21. The van der Waals surface area contributed by atoms with Crippen LogP contribution in [0.5, 0.6) is 0 Å². The van der Waals surface area contributed by atoms with E-state index in [1.807, 2.05) is 41.8 Å². The molecule has 0 aliphatic carbocycles. The molecule has 0 saturated heterocycles. The van der Waals surface area contributed by atoms with Gasteiger partial charge in [-0.15, -0.1) is 11.3 Å². The summed E-state index contributed by atoms with van der Waals surface area (Å²) in [6.45, 7) is 2.05. The van der Waals surface area contributed by atoms with Crippen LogP contribution in [0.25, 0.3) is 11.0 Å². The van der Waals surface area contributed by atoms with Crippen molar-refractivity contribution >= 4 is 28.2 Å². The SMILES string of the molecule is Cc1ccc(C(NC(=O)c2cc3ccccc3o2)c2cccs2)cc1. The molecule has 0 spiro atoms. The molecule has 4 rings (SSSR count). The monoisotopic (exact) mass is 347 g/mol. The fourth-order valence-corrected chi connectivity index (χ4v) is 3.63. The molecule has 4 aromatic rings. The summed E-state index contributed by atoms with van der Waals surface area (Å²) in [5.74, 6) is 0.116. The van der Waals surface area contributed by atoms with Gasteiger partial charge in [0.25, 0.3) is 5.91 Å². The van der Waals surface area contributed by atoms with E-state index in [9.17, 15) is 4.79 Å². The predicted octanol–water partition coefficient (Wildman–Crippen LogP) is 5.32. The van der Waals surface area contributed by atoms with Gasteiger partial charge >= 0.3 is 0 Å². The molecule has 1 unspecified atom stereocenters. The highest BCUT2D eigenvalue weighted by Crippen LogP contribution is 2.27. The summed E-state index contributed by atoms with van der Waals surface area (Å²) in [5, 5.41) is 6.05. The second-order valence-electron chi connectivity index (χ2n) is 5.98. The second-order valence-corrected chi connectivity index (χ2v) is 6.96. The molecule has 2 heterocycles. The van der Waals surface area contributed by atoms with Crippen molar-refractivity contribution in [3.63, 3.8) is 0 Å². The fraction of sp³-hybridized carbons (Fsp3) is 0.0952. The molecule has 25 heavy (non-hydrogen) atoms. The quantitative estimate of drug-likeness (QED) is 0.543. The Bertz CT molecular complexity index is 967. The van der Waals surface area contributed by atoms with E-state index in [1.165, 1.54) is 5.56 Å². The largest absolute Gasteiger partial charge is 0.451 e. The molecule has 1 N–H and O–H groups in total. The number of para-hydroxylation sites is 1. The summed E-state index contributed by atoms with van der Waals surface area (Å²) in [5.41, 5.74) is 2.96. The number of fused-ring (bicyclic) bond motifs is 1. The zero-order chi connectivity index (χ0) is 17.2. The lowest BCUT2D eigenvalue weighted by molar-refractivity contribution is 0.0918. The molecule has 0 saturated carbocycles. The minimum Gasteiger partial charge on any atom is -0.451 e. The van der Waals surface area contributed by atoms with Crippen LogP contribution < -0.4 is 5.32 Å². The van der Waals surface area contributed by atoms with E-state index in [0.29, 0.717) is 5.76 Å². The molecule has 124 valence electrons. The highest BCUT2D eigenvalue weighted by atomic mass is 32.1. The number of hydrogen-bond acceptors (Lipinski definition) is 3. The molecule has 3 nitrogen and oxygen atoms in total. The molecule has 0 radical (unpaired) electrons. The number of furan rings is 1. The molecule has 4 heteroatoms. The van der Waals surface area contributed by atoms with E-state index in [4.69, 9.17) is 4.42 Å². The van der Waals surface area contributed by atoms with Gasteiger partial charge in [-0.3, -0.25) is 4.79 Å². The van der Waals surface area contributed by atoms with Gasteiger partial charge in [0.1, 0.15) is 5.58 Å². The van der Waals surface area contributed by atoms with Crippen LogP contribution in [0.2, 0.25) is 0 Å². The van der Waals surface area contributed by atoms with Crippen molar-refractivity contribution in [1.29, 1.82) is 0 Å². The second kappa shape index (κ2) is 6.57. The average molecular weight is 347 g/mol. The highest BCUT2D eigenvalue weighted by molar-refractivity contribution is 7.10. The maximum Gasteiger partial charge on any atom is 0.287 e. The van der Waals surface area contributed by atoms with Gasteiger partial charge in [-0.25, -0.2) is 0 Å². The van der Waals surface area contributed by atoms with Gasteiger partial charge in [-0.2, -0.15) is 0 Å². The minimum absolute atomic E-state index is 0.193. The number of rotatable bonds is 4. The average Bonchev–Trinajstić information content (AvgIpc) is 3.30. The highest BCUT2D eigenvalue weighted by Gasteiger charge is 2.21. The Balaban J connectivity index is 1.66. The van der Waals surface area contributed by atoms with E-state index < -0.39 is 0 Å². The standard InChI is InChI=1S/C21H17NO2S/c1-14-8-10-15(11-9-14)20(19-7-4-12-25-19)22-21(23)18-13-16-5-2-3-6-17(16)24-18/h2-13,20H,1H3,(H,22,23). The van der Waals surface area contributed by atoms with E-state index in [1.54, 1.807) is 17.4 Å². The van der Waals surface area contributed by atoms with Crippen molar-refractivity contribution in [1.82, 2.24) is 5.32 Å². The number of carbonyl (C=O) groups is 1. The number of amides is 1. The first kappa shape index (κ1) is 15.7. The van der Waals surface area contributed by atoms with Gasteiger partial charge in [-0.05, 0) is 36.1 Å². The lowest BCUT2D eigenvalue weighted by Gasteiger charge is -2.17. The topological polar surface area (TPSA) is 42.2 Å². The number of benzene rings is 2. The first-order valence-corrected chi connectivity index (χ1v) is 8.98. The van der Waals surface area contributed by atoms with Crippen LogP contribution in [0.15, 0.2) is 76.5 Å². The number of carbonyl (C=O) groups excluding carboxylic acids is 1. The van der Waals surface area contributed by atoms with Crippen molar-refractivity contribution in [2.75, 3.05) is 0 Å². The molecule has 0 aliphatic heterocycles. The van der Waals surface area contributed by atoms with Crippen LogP contribution in [0.3, 0.4) is 0 Å². The minimum atomic E-state index is -0.213. The molecule has 0 fully saturated rings. The summed E-state index contributed by atoms with van der Waals surface area (Å²) in [6.07, 6.45) is 0. The van der Waals surface area contributed by atoms with E-state index in [0.717, 1.165) is 21.4 Å². The molecule has 2 aromatic heterocycles. The van der Waals surface area contributed by atoms with Gasteiger partial charge in [0.2, 0.25) is 0 Å². The third-order valence-corrected chi connectivity index (χ3v) is 5.10. The first-order valence-electron chi connectivity index (χ1n) is 8.10. The zero-order valence-corrected chi connectivity index (χ0v) is 14.5. The molecule has 1 amide bonds. The smallest absolute Gasteiger partial charge is 0.287 e. The molecule has 0 aliphatic rings. The lowest BCUT2D eigenvalue weighted by Crippen LogP contribution is -2.28. The van der Waals surface area contributed by atoms with E-state index >= 15 is 0 Å². The lowest BCUT2D eigenvalue weighted by atomic mass is 10.0. The molecule has 0 bridgehead atoms. The summed E-state index contributed by atoms with van der Waals surface area (Å²) in [4.78, 5) is 13.9. The Hall–Kier alpha value is -2.85. The Labute approximate surface area is 149 Å². The number of thiophene rings is 1. The molecule has 1 atom stereocenters. The Morgan fingerprint density at radius 2 is 1.84 bits per heavy atom. The third-order valence-electron chi connectivity index (χ3n) is 4.16. The maximum atomic E-state index is 12.8. The van der Waals surface area contributed by atoms with Crippen molar-refractivity contribution < 1.29 is 9.21 Å². The van der Waals surface area contributed by atoms with E-state index in [2.05, 4.69) is 36.5 Å². The summed E-state index contributed by atoms with van der Waals surface area (Å²) >= 11 is 1.63. The van der Waals surface area contributed by atoms with Crippen molar-refractivity contribution in [2.24, 2.45) is 0 Å². The summed E-state index contributed by atoms with van der Waals surface area (Å²) in [6, 6.07) is 21.5. The fourth-order valence-electron chi connectivity index (χ4n) is 2.83. The van der Waals surface area contributed by atoms with E-state index in [-0.39, 0.29) is 11.9 Å². The maximum absolute atomic E-state index is 12.8. The normalized spacial score (nSPS) is 12.2. The number of nitrogens with one attached hydrogen (secondary N) is 1. The number of aryl methyl sites for hydroxylation is 1. The summed E-state index contributed by atoms with van der Waals surface area (Å²) < 4.78 is 5.69. The Morgan fingerprint density at radius 1 is 1.04 bits per heavy atom. The Kier molecular flexibility index (Phi) is 4.12. The molecular formula is C21H17NO2S. The van der Waals surface area contributed by atoms with Crippen molar-refractivity contribution in [3.8, 4) is 0 Å². The van der Waals surface area contributed by atoms with Gasteiger partial charge < -0.3 is 9.73 Å². The van der Waals surface area contributed by atoms with Crippen LogP contribution in [-0.4, -0.2) is 5.91 Å². The van der Waals surface area contributed by atoms with Crippen LogP contribution in [0, 0.1) is 6.92 Å². The van der Waals surface area contributed by atoms with Crippen LogP contribution >= 0.6 is 11.3 Å². The van der Waals surface area contributed by atoms with Gasteiger partial charge in [0.15, 0.2) is 5.76 Å². The van der Waals surface area contributed by atoms with Crippen molar-refractivity contribution in [2.45, 2.75) is 13.0 Å².